The average molecular weight is 538 g/mol. The highest BCUT2D eigenvalue weighted by Crippen LogP contribution is 2.50. The monoisotopic (exact) mass is 537 g/mol. The average Bonchev–Trinajstić information content (AvgIpc) is 3.24. The van der Waals surface area contributed by atoms with Gasteiger partial charge in [0, 0.05) is 61.5 Å². The standard InChI is InChI=1S/C29H36FN5O4/c1-4-12-31-27(37)35-18-29(10-13-34(14-11-29)28(38)32-20-7-5-6-19(30)15-20)25-22-9-8-21(39-3)16-23(22)33(2)26(25)24(35)17-36/h5-9,15-16,24,36H,4,10-14,17-18H2,1-3H3,(H,31,37)(H,32,38)/t24-/m1/s1. The van der Waals surface area contributed by atoms with Crippen LogP contribution in [0, 0.1) is 5.82 Å². The molecule has 39 heavy (non-hydrogen) atoms. The van der Waals surface area contributed by atoms with Crippen LogP contribution in [0.2, 0.25) is 0 Å². The number of anilines is 1. The number of likely N-dealkylation sites (tertiary alicyclic amines) is 1. The van der Waals surface area contributed by atoms with Crippen LogP contribution in [0.3, 0.4) is 0 Å². The Bertz CT molecular complexity index is 1380. The molecule has 0 radical (unpaired) electrons. The summed E-state index contributed by atoms with van der Waals surface area (Å²) in [6.45, 7) is 3.73. The highest BCUT2D eigenvalue weighted by atomic mass is 19.1. The van der Waals surface area contributed by atoms with Gasteiger partial charge in [0.25, 0.3) is 0 Å². The molecule has 2 aliphatic heterocycles. The van der Waals surface area contributed by atoms with Crippen molar-refractivity contribution in [1.29, 1.82) is 0 Å². The van der Waals surface area contributed by atoms with E-state index in [2.05, 4.69) is 21.3 Å². The first kappa shape index (κ1) is 26.8. The smallest absolute Gasteiger partial charge is 0.321 e. The number of aromatic nitrogens is 1. The van der Waals surface area contributed by atoms with Crippen molar-refractivity contribution in [3.8, 4) is 5.75 Å². The Morgan fingerprint density at radius 1 is 1.15 bits per heavy atom. The van der Waals surface area contributed by atoms with E-state index in [0.29, 0.717) is 44.7 Å². The lowest BCUT2D eigenvalue weighted by Gasteiger charge is -2.50. The van der Waals surface area contributed by atoms with Gasteiger partial charge in [-0.1, -0.05) is 13.0 Å². The molecule has 1 spiro atoms. The molecule has 0 aliphatic carbocycles. The normalized spacial score (nSPS) is 18.2. The summed E-state index contributed by atoms with van der Waals surface area (Å²) in [4.78, 5) is 29.9. The van der Waals surface area contributed by atoms with Gasteiger partial charge in [0.05, 0.1) is 25.3 Å². The maximum atomic E-state index is 13.6. The zero-order chi connectivity index (χ0) is 27.7. The summed E-state index contributed by atoms with van der Waals surface area (Å²) in [7, 11) is 3.60. The fraction of sp³-hybridized carbons (Fsp3) is 0.448. The predicted molar refractivity (Wildman–Crippen MR) is 148 cm³/mol. The van der Waals surface area contributed by atoms with Crippen molar-refractivity contribution in [2.24, 2.45) is 7.05 Å². The van der Waals surface area contributed by atoms with E-state index in [1.807, 2.05) is 26.1 Å². The number of rotatable bonds is 5. The summed E-state index contributed by atoms with van der Waals surface area (Å²) < 4.78 is 21.2. The molecular weight excluding hydrogens is 501 g/mol. The van der Waals surface area contributed by atoms with Gasteiger partial charge in [-0.15, -0.1) is 0 Å². The molecule has 3 aromatic rings. The topological polar surface area (TPSA) is 99.1 Å². The van der Waals surface area contributed by atoms with Crippen LogP contribution >= 0.6 is 0 Å². The maximum Gasteiger partial charge on any atom is 0.321 e. The summed E-state index contributed by atoms with van der Waals surface area (Å²) in [5, 5.41) is 17.4. The van der Waals surface area contributed by atoms with E-state index in [4.69, 9.17) is 4.74 Å². The Balaban J connectivity index is 1.51. The van der Waals surface area contributed by atoms with Gasteiger partial charge in [-0.3, -0.25) is 0 Å². The number of fused-ring (bicyclic) bond motifs is 4. The number of piperidine rings is 1. The molecule has 9 nitrogen and oxygen atoms in total. The van der Waals surface area contributed by atoms with Crippen LogP contribution in [0.5, 0.6) is 5.75 Å². The van der Waals surface area contributed by atoms with Crippen molar-refractivity contribution in [2.45, 2.75) is 37.6 Å². The van der Waals surface area contributed by atoms with Gasteiger partial charge in [0.15, 0.2) is 0 Å². The molecule has 0 saturated carbocycles. The molecule has 1 atom stereocenters. The number of hydrogen-bond acceptors (Lipinski definition) is 4. The Labute approximate surface area is 227 Å². The molecule has 1 saturated heterocycles. The Hall–Kier alpha value is -3.79. The van der Waals surface area contributed by atoms with Gasteiger partial charge in [-0.05, 0) is 55.2 Å². The Morgan fingerprint density at radius 3 is 2.59 bits per heavy atom. The van der Waals surface area contributed by atoms with Crippen molar-refractivity contribution >= 4 is 28.7 Å². The fourth-order valence-electron chi connectivity index (χ4n) is 6.22. The molecule has 0 bridgehead atoms. The van der Waals surface area contributed by atoms with Crippen LogP contribution < -0.4 is 15.4 Å². The second kappa shape index (κ2) is 10.8. The molecule has 10 heteroatoms. The lowest BCUT2D eigenvalue weighted by Crippen LogP contribution is -2.58. The van der Waals surface area contributed by atoms with Gasteiger partial charge in [-0.2, -0.15) is 0 Å². The van der Waals surface area contributed by atoms with Crippen LogP contribution in [0.4, 0.5) is 19.7 Å². The molecule has 2 aromatic carbocycles. The van der Waals surface area contributed by atoms with Crippen LogP contribution in [-0.2, 0) is 12.5 Å². The van der Waals surface area contributed by atoms with Crippen molar-refractivity contribution in [2.75, 3.05) is 45.2 Å². The zero-order valence-corrected chi connectivity index (χ0v) is 22.7. The number of carbonyl (C=O) groups is 2. The zero-order valence-electron chi connectivity index (χ0n) is 22.7. The van der Waals surface area contributed by atoms with Gasteiger partial charge < -0.3 is 34.8 Å². The van der Waals surface area contributed by atoms with E-state index in [1.54, 1.807) is 29.0 Å². The number of methoxy groups -OCH3 is 1. The van der Waals surface area contributed by atoms with E-state index in [-0.39, 0.29) is 18.7 Å². The third-order valence-electron chi connectivity index (χ3n) is 8.19. The number of aliphatic hydroxyl groups excluding tert-OH is 1. The van der Waals surface area contributed by atoms with E-state index in [9.17, 15) is 19.1 Å². The van der Waals surface area contributed by atoms with Gasteiger partial charge in [0.1, 0.15) is 11.6 Å². The minimum absolute atomic E-state index is 0.199. The molecule has 3 heterocycles. The number of ether oxygens (including phenoxy) is 1. The number of hydrogen-bond donors (Lipinski definition) is 3. The number of nitrogens with one attached hydrogen (secondary N) is 2. The SMILES string of the molecule is CCCNC(=O)N1CC2(CCN(C(=O)Nc3cccc(F)c3)CC2)c2c(n(C)c3cc(OC)ccc23)[C@H]1CO. The lowest BCUT2D eigenvalue weighted by molar-refractivity contribution is 0.0733. The van der Waals surface area contributed by atoms with Crippen LogP contribution in [0.25, 0.3) is 10.9 Å². The highest BCUT2D eigenvalue weighted by Gasteiger charge is 2.49. The number of aliphatic hydroxyl groups is 1. The number of halogens is 1. The first-order valence-electron chi connectivity index (χ1n) is 13.5. The van der Waals surface area contributed by atoms with E-state index >= 15 is 0 Å². The molecule has 0 unspecified atom stereocenters. The Kier molecular flexibility index (Phi) is 7.40. The van der Waals surface area contributed by atoms with E-state index in [1.165, 1.54) is 12.1 Å². The lowest BCUT2D eigenvalue weighted by atomic mass is 9.68. The third-order valence-corrected chi connectivity index (χ3v) is 8.19. The molecule has 5 rings (SSSR count). The predicted octanol–water partition coefficient (Wildman–Crippen LogP) is 4.36. The summed E-state index contributed by atoms with van der Waals surface area (Å²) >= 11 is 0. The minimum atomic E-state index is -0.500. The summed E-state index contributed by atoms with van der Waals surface area (Å²) in [5.41, 5.74) is 3.02. The third kappa shape index (κ3) is 4.78. The second-order valence-corrected chi connectivity index (χ2v) is 10.5. The number of aryl methyl sites for hydroxylation is 1. The van der Waals surface area contributed by atoms with E-state index < -0.39 is 17.3 Å². The Morgan fingerprint density at radius 2 is 1.92 bits per heavy atom. The summed E-state index contributed by atoms with van der Waals surface area (Å²) in [6.07, 6.45) is 2.08. The van der Waals surface area contributed by atoms with Crippen molar-refractivity contribution in [1.82, 2.24) is 19.7 Å². The largest absolute Gasteiger partial charge is 0.497 e. The molecule has 1 fully saturated rings. The summed E-state index contributed by atoms with van der Waals surface area (Å²) in [5.74, 6) is 0.323. The van der Waals surface area contributed by atoms with Crippen LogP contribution in [-0.4, -0.2) is 71.4 Å². The second-order valence-electron chi connectivity index (χ2n) is 10.5. The number of benzene rings is 2. The van der Waals surface area contributed by atoms with Crippen molar-refractivity contribution in [3.63, 3.8) is 0 Å². The maximum absolute atomic E-state index is 13.6. The van der Waals surface area contributed by atoms with Crippen LogP contribution in [0.1, 0.15) is 43.5 Å². The summed E-state index contributed by atoms with van der Waals surface area (Å²) in [6, 6.07) is 10.8. The van der Waals surface area contributed by atoms with Gasteiger partial charge in [0.2, 0.25) is 0 Å². The minimum Gasteiger partial charge on any atom is -0.497 e. The highest BCUT2D eigenvalue weighted by molar-refractivity contribution is 5.91. The number of amides is 4. The fourth-order valence-corrected chi connectivity index (χ4v) is 6.22. The number of carbonyl (C=O) groups excluding carboxylic acids is 2. The molecule has 208 valence electrons. The number of nitrogens with zero attached hydrogens (tertiary/aromatic N) is 3. The first-order chi connectivity index (χ1) is 18.8. The molecule has 2 aliphatic rings. The van der Waals surface area contributed by atoms with Crippen LogP contribution in [0.15, 0.2) is 42.5 Å². The van der Waals surface area contributed by atoms with Crippen molar-refractivity contribution < 1.29 is 23.8 Å². The van der Waals surface area contributed by atoms with Gasteiger partial charge >= 0.3 is 12.1 Å². The van der Waals surface area contributed by atoms with Gasteiger partial charge in [-0.25, -0.2) is 14.0 Å². The molecular formula is C29H36FN5O4. The quantitative estimate of drug-likeness (QED) is 0.450. The molecule has 4 amide bonds. The number of urea groups is 2. The molecule has 1 aromatic heterocycles. The van der Waals surface area contributed by atoms with E-state index in [0.717, 1.165) is 34.3 Å². The van der Waals surface area contributed by atoms with Crippen molar-refractivity contribution in [3.05, 3.63) is 59.5 Å². The molecule has 3 N–H and O–H groups in total. The first-order valence-corrected chi connectivity index (χ1v) is 13.5.